The first-order valence-corrected chi connectivity index (χ1v) is 9.51. The highest BCUT2D eigenvalue weighted by Gasteiger charge is 2.35. The van der Waals surface area contributed by atoms with E-state index in [1.54, 1.807) is 7.11 Å². The van der Waals surface area contributed by atoms with Crippen molar-refractivity contribution in [1.82, 2.24) is 4.57 Å². The molecule has 0 bridgehead atoms. The van der Waals surface area contributed by atoms with Crippen molar-refractivity contribution in [3.63, 3.8) is 0 Å². The Bertz CT molecular complexity index is 919. The fraction of sp³-hybridized carbons (Fsp3) is 0.391. The average molecular weight is 348 g/mol. The van der Waals surface area contributed by atoms with Crippen LogP contribution in [0.1, 0.15) is 49.4 Å². The highest BCUT2D eigenvalue weighted by molar-refractivity contribution is 5.88. The average Bonchev–Trinajstić information content (AvgIpc) is 2.95. The van der Waals surface area contributed by atoms with E-state index in [1.165, 1.54) is 34.1 Å². The van der Waals surface area contributed by atoms with Gasteiger partial charge in [0.15, 0.2) is 0 Å². The quantitative estimate of drug-likeness (QED) is 0.732. The van der Waals surface area contributed by atoms with Crippen molar-refractivity contribution in [2.24, 2.45) is 5.73 Å². The zero-order valence-electron chi connectivity index (χ0n) is 16.0. The van der Waals surface area contributed by atoms with Gasteiger partial charge in [-0.3, -0.25) is 0 Å². The van der Waals surface area contributed by atoms with E-state index < -0.39 is 0 Å². The molecule has 0 aliphatic heterocycles. The maximum Gasteiger partial charge on any atom is 0.119 e. The lowest BCUT2D eigenvalue weighted by Crippen LogP contribution is -2.40. The van der Waals surface area contributed by atoms with E-state index >= 15 is 0 Å². The van der Waals surface area contributed by atoms with Gasteiger partial charge in [0.05, 0.1) is 7.11 Å². The van der Waals surface area contributed by atoms with Crippen LogP contribution < -0.4 is 10.5 Å². The normalized spacial score (nSPS) is 17.3. The Morgan fingerprint density at radius 3 is 2.62 bits per heavy atom. The van der Waals surface area contributed by atoms with Crippen LogP contribution >= 0.6 is 0 Å². The van der Waals surface area contributed by atoms with Gasteiger partial charge in [-0.2, -0.15) is 0 Å². The SMILES string of the molecule is COc1ccc2c(c1)c1c(n2Cc2ccccc2)CCCC1C(C)(C)N. The highest BCUT2D eigenvalue weighted by atomic mass is 16.5. The number of hydrogen-bond acceptors (Lipinski definition) is 2. The number of benzene rings is 2. The van der Waals surface area contributed by atoms with E-state index in [0.717, 1.165) is 25.1 Å². The number of rotatable bonds is 4. The molecule has 3 nitrogen and oxygen atoms in total. The molecule has 0 saturated carbocycles. The fourth-order valence-electron chi connectivity index (χ4n) is 4.51. The Labute approximate surface area is 155 Å². The predicted molar refractivity (Wildman–Crippen MR) is 108 cm³/mol. The molecule has 0 fully saturated rings. The molecular formula is C23H28N2O. The van der Waals surface area contributed by atoms with Crippen LogP contribution in [-0.2, 0) is 13.0 Å². The van der Waals surface area contributed by atoms with Gasteiger partial charge in [-0.15, -0.1) is 0 Å². The zero-order valence-corrected chi connectivity index (χ0v) is 16.0. The summed E-state index contributed by atoms with van der Waals surface area (Å²) in [4.78, 5) is 0. The third-order valence-corrected chi connectivity index (χ3v) is 5.76. The van der Waals surface area contributed by atoms with Crippen molar-refractivity contribution in [2.75, 3.05) is 7.11 Å². The number of ether oxygens (including phenoxy) is 1. The minimum atomic E-state index is -0.232. The number of fused-ring (bicyclic) bond motifs is 3. The first-order valence-electron chi connectivity index (χ1n) is 9.51. The molecule has 1 heterocycles. The lowest BCUT2D eigenvalue weighted by atomic mass is 9.74. The molecule has 0 spiro atoms. The molecule has 26 heavy (non-hydrogen) atoms. The summed E-state index contributed by atoms with van der Waals surface area (Å²) in [5.41, 5.74) is 11.9. The molecule has 136 valence electrons. The van der Waals surface area contributed by atoms with Crippen LogP contribution in [0.15, 0.2) is 48.5 Å². The molecule has 0 amide bonds. The summed E-state index contributed by atoms with van der Waals surface area (Å²) < 4.78 is 8.02. The molecule has 3 aromatic rings. The molecule has 1 atom stereocenters. The molecular weight excluding hydrogens is 320 g/mol. The van der Waals surface area contributed by atoms with Crippen LogP contribution in [-0.4, -0.2) is 17.2 Å². The van der Waals surface area contributed by atoms with Gasteiger partial charge < -0.3 is 15.0 Å². The maximum absolute atomic E-state index is 6.61. The molecule has 2 aromatic carbocycles. The Morgan fingerprint density at radius 1 is 1.15 bits per heavy atom. The monoisotopic (exact) mass is 348 g/mol. The molecule has 0 saturated heterocycles. The lowest BCUT2D eigenvalue weighted by Gasteiger charge is -2.35. The molecule has 3 heteroatoms. The number of nitrogens with two attached hydrogens (primary N) is 1. The third-order valence-electron chi connectivity index (χ3n) is 5.76. The minimum absolute atomic E-state index is 0.232. The van der Waals surface area contributed by atoms with E-state index in [0.29, 0.717) is 5.92 Å². The van der Waals surface area contributed by atoms with Crippen molar-refractivity contribution in [2.45, 2.75) is 51.1 Å². The van der Waals surface area contributed by atoms with Crippen molar-refractivity contribution in [3.05, 3.63) is 65.4 Å². The second kappa shape index (κ2) is 6.48. The van der Waals surface area contributed by atoms with Gasteiger partial charge in [-0.25, -0.2) is 0 Å². The van der Waals surface area contributed by atoms with Gasteiger partial charge in [-0.1, -0.05) is 30.3 Å². The summed E-state index contributed by atoms with van der Waals surface area (Å²) >= 11 is 0. The first-order chi connectivity index (χ1) is 12.5. The third kappa shape index (κ3) is 2.90. The minimum Gasteiger partial charge on any atom is -0.497 e. The van der Waals surface area contributed by atoms with Crippen molar-refractivity contribution in [1.29, 1.82) is 0 Å². The van der Waals surface area contributed by atoms with Crippen LogP contribution in [0.2, 0.25) is 0 Å². The van der Waals surface area contributed by atoms with Crippen LogP contribution in [0, 0.1) is 0 Å². The lowest BCUT2D eigenvalue weighted by molar-refractivity contribution is 0.366. The van der Waals surface area contributed by atoms with Gasteiger partial charge in [0, 0.05) is 34.6 Å². The van der Waals surface area contributed by atoms with Crippen LogP contribution in [0.4, 0.5) is 0 Å². The molecule has 1 aliphatic carbocycles. The van der Waals surface area contributed by atoms with Crippen LogP contribution in [0.3, 0.4) is 0 Å². The number of aromatic nitrogens is 1. The summed E-state index contributed by atoms with van der Waals surface area (Å²) in [5, 5.41) is 1.30. The maximum atomic E-state index is 6.61. The summed E-state index contributed by atoms with van der Waals surface area (Å²) in [5.74, 6) is 1.29. The molecule has 1 aromatic heterocycles. The van der Waals surface area contributed by atoms with E-state index in [-0.39, 0.29) is 5.54 Å². The fourth-order valence-corrected chi connectivity index (χ4v) is 4.51. The van der Waals surface area contributed by atoms with Crippen LogP contribution in [0.25, 0.3) is 10.9 Å². The first kappa shape index (κ1) is 17.2. The smallest absolute Gasteiger partial charge is 0.119 e. The second-order valence-corrected chi connectivity index (χ2v) is 8.08. The second-order valence-electron chi connectivity index (χ2n) is 8.08. The van der Waals surface area contributed by atoms with Gasteiger partial charge in [0.25, 0.3) is 0 Å². The molecule has 1 unspecified atom stereocenters. The number of hydrogen-bond donors (Lipinski definition) is 1. The Balaban J connectivity index is 1.95. The van der Waals surface area contributed by atoms with E-state index in [9.17, 15) is 0 Å². The molecule has 4 rings (SSSR count). The molecule has 0 radical (unpaired) electrons. The Hall–Kier alpha value is -2.26. The summed E-state index contributed by atoms with van der Waals surface area (Å²) in [6.45, 7) is 5.22. The summed E-state index contributed by atoms with van der Waals surface area (Å²) in [6.07, 6.45) is 3.46. The van der Waals surface area contributed by atoms with E-state index in [2.05, 4.69) is 66.9 Å². The topological polar surface area (TPSA) is 40.2 Å². The Morgan fingerprint density at radius 2 is 1.92 bits per heavy atom. The van der Waals surface area contributed by atoms with E-state index in [1.807, 2.05) is 0 Å². The van der Waals surface area contributed by atoms with E-state index in [4.69, 9.17) is 10.5 Å². The van der Waals surface area contributed by atoms with Gasteiger partial charge in [0.2, 0.25) is 0 Å². The molecule has 1 aliphatic rings. The van der Waals surface area contributed by atoms with Crippen molar-refractivity contribution >= 4 is 10.9 Å². The standard InChI is InChI=1S/C23H28N2O/c1-23(2,24)19-10-7-11-21-22(19)18-14-17(26-3)12-13-20(18)25(21)15-16-8-5-4-6-9-16/h4-6,8-9,12-14,19H,7,10-11,15,24H2,1-3H3. The highest BCUT2D eigenvalue weighted by Crippen LogP contribution is 2.44. The molecule has 2 N–H and O–H groups in total. The largest absolute Gasteiger partial charge is 0.497 e. The van der Waals surface area contributed by atoms with Crippen molar-refractivity contribution in [3.8, 4) is 5.75 Å². The number of methoxy groups -OCH3 is 1. The van der Waals surface area contributed by atoms with Gasteiger partial charge in [0.1, 0.15) is 5.75 Å². The Kier molecular flexibility index (Phi) is 4.28. The zero-order chi connectivity index (χ0) is 18.3. The summed E-state index contributed by atoms with van der Waals surface area (Å²) in [6, 6.07) is 17.2. The number of nitrogens with zero attached hydrogens (tertiary/aromatic N) is 1. The van der Waals surface area contributed by atoms with Gasteiger partial charge in [-0.05, 0) is 62.4 Å². The summed E-state index contributed by atoms with van der Waals surface area (Å²) in [7, 11) is 1.74. The van der Waals surface area contributed by atoms with Crippen LogP contribution in [0.5, 0.6) is 5.75 Å². The van der Waals surface area contributed by atoms with Gasteiger partial charge >= 0.3 is 0 Å². The predicted octanol–water partition coefficient (Wildman–Crippen LogP) is 4.86. The van der Waals surface area contributed by atoms with Crippen molar-refractivity contribution < 1.29 is 4.74 Å².